The standard InChI is InChI=1S/C18H17N7O2/c19-12-14-15(23-24(17(14)20)13-6-2-1-3-7-13)8-4-10-21-18-16(25(26)27)9-5-11-22-18/h1-3,5-7,9,11H,4,8,10,20H2,(H,21,22). The number of nitrogen functional groups attached to an aromatic ring is 1. The first-order valence-electron chi connectivity index (χ1n) is 8.28. The van der Waals surface area contributed by atoms with Gasteiger partial charge in [-0.3, -0.25) is 10.1 Å². The number of hydrogen-bond acceptors (Lipinski definition) is 7. The summed E-state index contributed by atoms with van der Waals surface area (Å²) in [4.78, 5) is 14.5. The van der Waals surface area contributed by atoms with Gasteiger partial charge < -0.3 is 11.1 Å². The molecule has 0 aliphatic carbocycles. The molecule has 136 valence electrons. The Morgan fingerprint density at radius 2 is 2.04 bits per heavy atom. The number of aromatic nitrogens is 3. The van der Waals surface area contributed by atoms with Crippen LogP contribution in [0.2, 0.25) is 0 Å². The zero-order chi connectivity index (χ0) is 19.2. The Morgan fingerprint density at radius 3 is 2.74 bits per heavy atom. The Hall–Kier alpha value is -3.93. The van der Waals surface area contributed by atoms with Gasteiger partial charge in [-0.1, -0.05) is 18.2 Å². The fourth-order valence-corrected chi connectivity index (χ4v) is 2.68. The van der Waals surface area contributed by atoms with Gasteiger partial charge in [0.05, 0.1) is 16.3 Å². The van der Waals surface area contributed by atoms with Crippen LogP contribution in [-0.2, 0) is 6.42 Å². The second-order valence-electron chi connectivity index (χ2n) is 5.72. The van der Waals surface area contributed by atoms with Crippen LogP contribution >= 0.6 is 0 Å². The first kappa shape index (κ1) is 17.9. The van der Waals surface area contributed by atoms with Crippen LogP contribution in [-0.4, -0.2) is 26.2 Å². The van der Waals surface area contributed by atoms with Gasteiger partial charge in [0.1, 0.15) is 17.5 Å². The third kappa shape index (κ3) is 3.85. The minimum atomic E-state index is -0.481. The van der Waals surface area contributed by atoms with Crippen LogP contribution in [0.15, 0.2) is 48.7 Å². The molecule has 0 radical (unpaired) electrons. The van der Waals surface area contributed by atoms with Gasteiger partial charge in [-0.25, -0.2) is 9.67 Å². The molecule has 27 heavy (non-hydrogen) atoms. The summed E-state index contributed by atoms with van der Waals surface area (Å²) < 4.78 is 1.55. The maximum Gasteiger partial charge on any atom is 0.311 e. The van der Waals surface area contributed by atoms with E-state index in [-0.39, 0.29) is 11.5 Å². The summed E-state index contributed by atoms with van der Waals surface area (Å²) in [5, 5.41) is 27.8. The van der Waals surface area contributed by atoms with Gasteiger partial charge in [0, 0.05) is 18.8 Å². The highest BCUT2D eigenvalue weighted by atomic mass is 16.6. The summed E-state index contributed by atoms with van der Waals surface area (Å²) in [6.07, 6.45) is 2.60. The number of anilines is 2. The van der Waals surface area contributed by atoms with Crippen molar-refractivity contribution in [1.29, 1.82) is 5.26 Å². The molecule has 0 atom stereocenters. The molecule has 0 spiro atoms. The monoisotopic (exact) mass is 363 g/mol. The van der Waals surface area contributed by atoms with E-state index in [1.807, 2.05) is 30.3 Å². The van der Waals surface area contributed by atoms with Crippen molar-refractivity contribution in [1.82, 2.24) is 14.8 Å². The highest BCUT2D eigenvalue weighted by molar-refractivity contribution is 5.57. The fraction of sp³-hybridized carbons (Fsp3) is 0.167. The van der Waals surface area contributed by atoms with Crippen molar-refractivity contribution in [2.75, 3.05) is 17.6 Å². The molecule has 3 rings (SSSR count). The van der Waals surface area contributed by atoms with E-state index in [1.165, 1.54) is 18.3 Å². The van der Waals surface area contributed by atoms with Gasteiger partial charge in [-0.15, -0.1) is 0 Å². The number of para-hydroxylation sites is 1. The summed E-state index contributed by atoms with van der Waals surface area (Å²) >= 11 is 0. The molecule has 0 saturated heterocycles. The highest BCUT2D eigenvalue weighted by Crippen LogP contribution is 2.22. The van der Waals surface area contributed by atoms with Gasteiger partial charge >= 0.3 is 5.69 Å². The normalized spacial score (nSPS) is 10.3. The van der Waals surface area contributed by atoms with E-state index in [1.54, 1.807) is 4.68 Å². The summed E-state index contributed by atoms with van der Waals surface area (Å²) in [6.45, 7) is 0.445. The average molecular weight is 363 g/mol. The molecule has 9 nitrogen and oxygen atoms in total. The Morgan fingerprint density at radius 1 is 1.26 bits per heavy atom. The number of hydrogen-bond donors (Lipinski definition) is 2. The summed E-state index contributed by atoms with van der Waals surface area (Å²) in [5.41, 5.74) is 7.72. The molecule has 0 aliphatic heterocycles. The molecule has 3 aromatic rings. The van der Waals surface area contributed by atoms with E-state index in [9.17, 15) is 15.4 Å². The second-order valence-corrected chi connectivity index (χ2v) is 5.72. The van der Waals surface area contributed by atoms with Crippen molar-refractivity contribution < 1.29 is 4.92 Å². The van der Waals surface area contributed by atoms with Gasteiger partial charge in [0.15, 0.2) is 0 Å². The Bertz CT molecular complexity index is 993. The first-order valence-corrected chi connectivity index (χ1v) is 8.28. The average Bonchev–Trinajstić information content (AvgIpc) is 3.01. The smallest absolute Gasteiger partial charge is 0.311 e. The minimum absolute atomic E-state index is 0.0761. The first-order chi connectivity index (χ1) is 13.1. The van der Waals surface area contributed by atoms with Crippen LogP contribution in [0, 0.1) is 21.4 Å². The largest absolute Gasteiger partial charge is 0.382 e. The lowest BCUT2D eigenvalue weighted by molar-refractivity contribution is -0.384. The molecule has 1 aromatic carbocycles. The molecule has 9 heteroatoms. The lowest BCUT2D eigenvalue weighted by atomic mass is 10.1. The second kappa shape index (κ2) is 7.97. The van der Waals surface area contributed by atoms with Crippen molar-refractivity contribution in [3.8, 4) is 11.8 Å². The molecule has 0 saturated carbocycles. The molecule has 0 fully saturated rings. The van der Waals surface area contributed by atoms with Crippen LogP contribution in [0.3, 0.4) is 0 Å². The Balaban J connectivity index is 1.69. The van der Waals surface area contributed by atoms with E-state index in [0.717, 1.165) is 5.69 Å². The maximum atomic E-state index is 11.0. The van der Waals surface area contributed by atoms with Crippen molar-refractivity contribution in [3.05, 3.63) is 70.0 Å². The maximum absolute atomic E-state index is 11.0. The number of nitrogens with two attached hydrogens (primary N) is 1. The van der Waals surface area contributed by atoms with Gasteiger partial charge in [-0.2, -0.15) is 10.4 Å². The molecule has 2 heterocycles. The van der Waals surface area contributed by atoms with Crippen LogP contribution in [0.5, 0.6) is 0 Å². The van der Waals surface area contributed by atoms with E-state index in [4.69, 9.17) is 5.73 Å². The zero-order valence-electron chi connectivity index (χ0n) is 14.4. The van der Waals surface area contributed by atoms with E-state index in [2.05, 4.69) is 21.5 Å². The predicted octanol–water partition coefficient (Wildman–Crippen LogP) is 2.67. The van der Waals surface area contributed by atoms with Crippen molar-refractivity contribution >= 4 is 17.3 Å². The van der Waals surface area contributed by atoms with E-state index in [0.29, 0.717) is 36.5 Å². The van der Waals surface area contributed by atoms with Gasteiger partial charge in [0.2, 0.25) is 5.82 Å². The fourth-order valence-electron chi connectivity index (χ4n) is 2.68. The zero-order valence-corrected chi connectivity index (χ0v) is 14.4. The molecule has 2 aromatic heterocycles. The van der Waals surface area contributed by atoms with Crippen LogP contribution in [0.25, 0.3) is 5.69 Å². The van der Waals surface area contributed by atoms with Crippen LogP contribution in [0.4, 0.5) is 17.3 Å². The predicted molar refractivity (Wildman–Crippen MR) is 100 cm³/mol. The number of rotatable bonds is 7. The Labute approximate surface area is 155 Å². The third-order valence-electron chi connectivity index (χ3n) is 3.97. The Kier molecular flexibility index (Phi) is 5.28. The van der Waals surface area contributed by atoms with Crippen LogP contribution in [0.1, 0.15) is 17.7 Å². The van der Waals surface area contributed by atoms with Crippen LogP contribution < -0.4 is 11.1 Å². The molecular formula is C18H17N7O2. The summed E-state index contributed by atoms with van der Waals surface area (Å²) in [7, 11) is 0. The SMILES string of the molecule is N#Cc1c(CCCNc2ncccc2[N+](=O)[O-])nn(-c2ccccc2)c1N. The van der Waals surface area contributed by atoms with Crippen molar-refractivity contribution in [2.24, 2.45) is 0 Å². The molecule has 0 unspecified atom stereocenters. The van der Waals surface area contributed by atoms with Crippen molar-refractivity contribution in [2.45, 2.75) is 12.8 Å². The lowest BCUT2D eigenvalue weighted by Gasteiger charge is -2.05. The molecule has 0 amide bonds. The number of aryl methyl sites for hydroxylation is 1. The lowest BCUT2D eigenvalue weighted by Crippen LogP contribution is -2.07. The number of pyridine rings is 1. The number of nitro groups is 1. The number of nitrogens with one attached hydrogen (secondary N) is 1. The summed E-state index contributed by atoms with van der Waals surface area (Å²) in [6, 6.07) is 14.4. The molecule has 3 N–H and O–H groups in total. The molecular weight excluding hydrogens is 346 g/mol. The number of nitrogens with zero attached hydrogens (tertiary/aromatic N) is 5. The minimum Gasteiger partial charge on any atom is -0.382 e. The van der Waals surface area contributed by atoms with Gasteiger partial charge in [0.25, 0.3) is 0 Å². The number of nitriles is 1. The quantitative estimate of drug-likeness (QED) is 0.374. The number of benzene rings is 1. The van der Waals surface area contributed by atoms with Crippen molar-refractivity contribution in [3.63, 3.8) is 0 Å². The topological polar surface area (TPSA) is 136 Å². The third-order valence-corrected chi connectivity index (χ3v) is 3.97. The van der Waals surface area contributed by atoms with E-state index >= 15 is 0 Å². The summed E-state index contributed by atoms with van der Waals surface area (Å²) in [5.74, 6) is 0.518. The molecule has 0 aliphatic rings. The molecule has 0 bridgehead atoms. The van der Waals surface area contributed by atoms with E-state index < -0.39 is 4.92 Å². The van der Waals surface area contributed by atoms with Gasteiger partial charge in [-0.05, 0) is 31.0 Å². The highest BCUT2D eigenvalue weighted by Gasteiger charge is 2.17.